The number of nitrogens with one attached hydrogen (secondary N) is 2. The van der Waals surface area contributed by atoms with E-state index in [-0.39, 0.29) is 0 Å². The van der Waals surface area contributed by atoms with E-state index in [9.17, 15) is 15.0 Å². The molecule has 0 bridgehead atoms. The summed E-state index contributed by atoms with van der Waals surface area (Å²) in [6, 6.07) is 7.08. The summed E-state index contributed by atoms with van der Waals surface area (Å²) in [4.78, 5) is 24.8. The molecular formula is C18H19ClN6O4. The van der Waals surface area contributed by atoms with Crippen LogP contribution in [0.1, 0.15) is 13.2 Å². The first-order valence-corrected chi connectivity index (χ1v) is 9.36. The second kappa shape index (κ2) is 7.91. The number of fused-ring (bicyclic) bond motifs is 1. The lowest BCUT2D eigenvalue weighted by atomic mass is 10.1. The van der Waals surface area contributed by atoms with E-state index in [4.69, 9.17) is 16.3 Å². The summed E-state index contributed by atoms with van der Waals surface area (Å²) in [7, 11) is 0. The minimum atomic E-state index is -1.38. The van der Waals surface area contributed by atoms with Gasteiger partial charge in [0.05, 0.1) is 6.33 Å². The Balaban J connectivity index is 1.64. The molecule has 1 aromatic carbocycles. The van der Waals surface area contributed by atoms with Gasteiger partial charge in [0.1, 0.15) is 18.5 Å². The first kappa shape index (κ1) is 19.5. The van der Waals surface area contributed by atoms with Crippen LogP contribution in [0.5, 0.6) is 0 Å². The standard InChI is InChI=1S/C18H19ClN6O4/c1-2-20-17(28)14-12(26)13(27)18(29-14)25-8-23-11-15(21-7-22-16(11)25)24-10-5-3-9(19)4-6-10/h3-8,12-14,18,26-27H,2H2,1H3,(H,20,28)(H,21,22,24)/t12-,13+,14-,18+/m0/s1. The van der Waals surface area contributed by atoms with Crippen molar-refractivity contribution in [2.45, 2.75) is 31.5 Å². The van der Waals surface area contributed by atoms with E-state index >= 15 is 0 Å². The number of carbonyl (C=O) groups excluding carboxylic acids is 1. The number of hydrogen-bond donors (Lipinski definition) is 4. The molecule has 0 spiro atoms. The normalized spacial score (nSPS) is 24.0. The van der Waals surface area contributed by atoms with Gasteiger partial charge in [-0.15, -0.1) is 0 Å². The highest BCUT2D eigenvalue weighted by Gasteiger charge is 2.47. The van der Waals surface area contributed by atoms with E-state index < -0.39 is 30.4 Å². The summed E-state index contributed by atoms with van der Waals surface area (Å²) in [6.45, 7) is 2.13. The predicted molar refractivity (Wildman–Crippen MR) is 105 cm³/mol. The molecule has 4 rings (SSSR count). The number of nitrogens with zero attached hydrogens (tertiary/aromatic N) is 4. The zero-order valence-corrected chi connectivity index (χ0v) is 16.1. The molecule has 11 heteroatoms. The highest BCUT2D eigenvalue weighted by molar-refractivity contribution is 6.30. The Morgan fingerprint density at radius 1 is 1.21 bits per heavy atom. The minimum Gasteiger partial charge on any atom is -0.387 e. The maximum atomic E-state index is 12.1. The van der Waals surface area contributed by atoms with Gasteiger partial charge in [-0.1, -0.05) is 11.6 Å². The van der Waals surface area contributed by atoms with Crippen molar-refractivity contribution in [3.05, 3.63) is 41.9 Å². The Hall–Kier alpha value is -2.79. The average Bonchev–Trinajstić information content (AvgIpc) is 3.26. The first-order valence-electron chi connectivity index (χ1n) is 8.99. The van der Waals surface area contributed by atoms with Crippen molar-refractivity contribution in [1.29, 1.82) is 0 Å². The molecule has 4 atom stereocenters. The van der Waals surface area contributed by atoms with Crippen LogP contribution in [-0.2, 0) is 9.53 Å². The van der Waals surface area contributed by atoms with Crippen molar-refractivity contribution in [3.8, 4) is 0 Å². The van der Waals surface area contributed by atoms with Gasteiger partial charge < -0.3 is 25.6 Å². The molecule has 1 aliphatic rings. The summed E-state index contributed by atoms with van der Waals surface area (Å²) < 4.78 is 7.11. The molecule has 10 nitrogen and oxygen atoms in total. The Morgan fingerprint density at radius 3 is 2.69 bits per heavy atom. The van der Waals surface area contributed by atoms with Crippen LogP contribution in [0.4, 0.5) is 11.5 Å². The zero-order chi connectivity index (χ0) is 20.5. The number of aromatic nitrogens is 4. The predicted octanol–water partition coefficient (Wildman–Crippen LogP) is 0.979. The molecule has 2 aromatic heterocycles. The lowest BCUT2D eigenvalue weighted by molar-refractivity contribution is -0.137. The summed E-state index contributed by atoms with van der Waals surface area (Å²) >= 11 is 5.91. The van der Waals surface area contributed by atoms with Gasteiger partial charge in [-0.25, -0.2) is 15.0 Å². The molecule has 152 valence electrons. The molecule has 1 saturated heterocycles. The van der Waals surface area contributed by atoms with E-state index in [1.165, 1.54) is 17.2 Å². The molecule has 0 unspecified atom stereocenters. The van der Waals surface area contributed by atoms with Crippen LogP contribution in [0.3, 0.4) is 0 Å². The van der Waals surface area contributed by atoms with Crippen LogP contribution >= 0.6 is 11.6 Å². The fourth-order valence-electron chi connectivity index (χ4n) is 3.18. The lowest BCUT2D eigenvalue weighted by Crippen LogP contribution is -2.42. The van der Waals surface area contributed by atoms with Crippen molar-refractivity contribution in [2.24, 2.45) is 0 Å². The van der Waals surface area contributed by atoms with Crippen molar-refractivity contribution in [1.82, 2.24) is 24.8 Å². The van der Waals surface area contributed by atoms with Crippen LogP contribution < -0.4 is 10.6 Å². The average molecular weight is 419 g/mol. The summed E-state index contributed by atoms with van der Waals surface area (Å²) in [5.41, 5.74) is 1.58. The fraction of sp³-hybridized carbons (Fsp3) is 0.333. The Labute approximate surface area is 170 Å². The van der Waals surface area contributed by atoms with E-state index in [2.05, 4.69) is 25.6 Å². The number of anilines is 2. The van der Waals surface area contributed by atoms with E-state index in [1.54, 1.807) is 31.2 Å². The topological polar surface area (TPSA) is 134 Å². The molecule has 3 heterocycles. The maximum absolute atomic E-state index is 12.1. The van der Waals surface area contributed by atoms with Gasteiger partial charge in [0.15, 0.2) is 29.3 Å². The molecule has 1 amide bonds. The quantitative estimate of drug-likeness (QED) is 0.481. The van der Waals surface area contributed by atoms with Crippen LogP contribution in [0, 0.1) is 0 Å². The first-order chi connectivity index (χ1) is 14.0. The fourth-order valence-corrected chi connectivity index (χ4v) is 3.31. The number of benzene rings is 1. The second-order valence-corrected chi connectivity index (χ2v) is 6.94. The van der Waals surface area contributed by atoms with Crippen LogP contribution in [-0.4, -0.2) is 60.5 Å². The van der Waals surface area contributed by atoms with Crippen molar-refractivity contribution >= 4 is 40.2 Å². The van der Waals surface area contributed by atoms with Gasteiger partial charge in [-0.05, 0) is 31.2 Å². The third-order valence-corrected chi connectivity index (χ3v) is 4.84. The smallest absolute Gasteiger partial charge is 0.252 e. The number of halogens is 1. The number of amides is 1. The molecule has 1 aliphatic heterocycles. The number of ether oxygens (including phenoxy) is 1. The number of carbonyl (C=O) groups is 1. The molecule has 3 aromatic rings. The monoisotopic (exact) mass is 418 g/mol. The van der Waals surface area contributed by atoms with Gasteiger partial charge in [-0.3, -0.25) is 9.36 Å². The van der Waals surface area contributed by atoms with Crippen molar-refractivity contribution in [3.63, 3.8) is 0 Å². The number of likely N-dealkylation sites (N-methyl/N-ethyl adjacent to an activating group) is 1. The van der Waals surface area contributed by atoms with Crippen LogP contribution in [0.15, 0.2) is 36.9 Å². The van der Waals surface area contributed by atoms with Crippen LogP contribution in [0.2, 0.25) is 5.02 Å². The zero-order valence-electron chi connectivity index (χ0n) is 15.4. The number of aliphatic hydroxyl groups excluding tert-OH is 2. The van der Waals surface area contributed by atoms with Gasteiger partial charge >= 0.3 is 0 Å². The SMILES string of the molecule is CCNC(=O)[C@H]1O[C@@H](n2cnc3c(Nc4ccc(Cl)cc4)ncnc32)[C@H](O)[C@@H]1O. The molecule has 0 aliphatic carbocycles. The molecule has 4 N–H and O–H groups in total. The van der Waals surface area contributed by atoms with E-state index in [0.717, 1.165) is 5.69 Å². The molecule has 0 radical (unpaired) electrons. The highest BCUT2D eigenvalue weighted by atomic mass is 35.5. The molecule has 29 heavy (non-hydrogen) atoms. The maximum Gasteiger partial charge on any atom is 0.252 e. The molecule has 0 saturated carbocycles. The van der Waals surface area contributed by atoms with Crippen molar-refractivity contribution in [2.75, 3.05) is 11.9 Å². The molecule has 1 fully saturated rings. The van der Waals surface area contributed by atoms with Gasteiger partial charge in [-0.2, -0.15) is 0 Å². The van der Waals surface area contributed by atoms with Gasteiger partial charge in [0, 0.05) is 17.3 Å². The summed E-state index contributed by atoms with van der Waals surface area (Å²) in [6.07, 6.45) is -2.16. The largest absolute Gasteiger partial charge is 0.387 e. The second-order valence-electron chi connectivity index (χ2n) is 6.50. The minimum absolute atomic E-state index is 0.379. The number of hydrogen-bond acceptors (Lipinski definition) is 8. The number of imidazole rings is 1. The van der Waals surface area contributed by atoms with Crippen molar-refractivity contribution < 1.29 is 19.7 Å². The van der Waals surface area contributed by atoms with E-state index in [0.29, 0.717) is 28.5 Å². The Bertz CT molecular complexity index is 1030. The van der Waals surface area contributed by atoms with E-state index in [1.807, 2.05) is 0 Å². The summed E-state index contributed by atoms with van der Waals surface area (Å²) in [5, 5.41) is 27.0. The Morgan fingerprint density at radius 2 is 1.97 bits per heavy atom. The molecular weight excluding hydrogens is 400 g/mol. The number of rotatable bonds is 5. The van der Waals surface area contributed by atoms with Gasteiger partial charge in [0.2, 0.25) is 0 Å². The summed E-state index contributed by atoms with van der Waals surface area (Å²) in [5.74, 6) is -0.0462. The Kier molecular flexibility index (Phi) is 5.33. The van der Waals surface area contributed by atoms with Crippen LogP contribution in [0.25, 0.3) is 11.2 Å². The number of aliphatic hydroxyl groups is 2. The highest BCUT2D eigenvalue weighted by Crippen LogP contribution is 2.32. The third kappa shape index (κ3) is 3.62. The lowest BCUT2D eigenvalue weighted by Gasteiger charge is -2.16. The van der Waals surface area contributed by atoms with Gasteiger partial charge in [0.25, 0.3) is 5.91 Å². The third-order valence-electron chi connectivity index (χ3n) is 4.59.